The lowest BCUT2D eigenvalue weighted by Gasteiger charge is -2.13. The Morgan fingerprint density at radius 3 is 2.89 bits per heavy atom. The first kappa shape index (κ1) is 13.7. The molecule has 2 aromatic rings. The van der Waals surface area contributed by atoms with Gasteiger partial charge in [-0.1, -0.05) is 22.0 Å². The lowest BCUT2D eigenvalue weighted by Crippen LogP contribution is -2.27. The topological polar surface area (TPSA) is 12.0 Å². The Bertz CT molecular complexity index is 478. The summed E-state index contributed by atoms with van der Waals surface area (Å²) >= 11 is 5.07. The molecule has 1 aromatic carbocycles. The molecule has 1 unspecified atom stereocenters. The van der Waals surface area contributed by atoms with Crippen LogP contribution in [0.1, 0.15) is 17.4 Å². The zero-order valence-electron chi connectivity index (χ0n) is 10.1. The van der Waals surface area contributed by atoms with Crippen LogP contribution >= 0.6 is 27.3 Å². The van der Waals surface area contributed by atoms with Crippen molar-refractivity contribution in [3.05, 3.63) is 56.4 Å². The first-order valence-corrected chi connectivity index (χ1v) is 7.51. The van der Waals surface area contributed by atoms with E-state index in [4.69, 9.17) is 0 Å². The Morgan fingerprint density at radius 1 is 1.39 bits per heavy atom. The summed E-state index contributed by atoms with van der Waals surface area (Å²) in [5.74, 6) is -0.202. The van der Waals surface area contributed by atoms with Crippen LogP contribution in [0.3, 0.4) is 0 Å². The van der Waals surface area contributed by atoms with Crippen molar-refractivity contribution in [2.24, 2.45) is 0 Å². The molecule has 1 heterocycles. The van der Waals surface area contributed by atoms with Gasteiger partial charge in [-0.25, -0.2) is 4.39 Å². The molecule has 96 valence electrons. The molecule has 0 spiro atoms. The van der Waals surface area contributed by atoms with Crippen molar-refractivity contribution in [3.63, 3.8) is 0 Å². The third kappa shape index (κ3) is 4.19. The minimum absolute atomic E-state index is 0.202. The van der Waals surface area contributed by atoms with Gasteiger partial charge in [0.05, 0.1) is 0 Å². The number of nitrogens with one attached hydrogen (secondary N) is 1. The Hall–Kier alpha value is -0.710. The zero-order valence-corrected chi connectivity index (χ0v) is 12.5. The van der Waals surface area contributed by atoms with E-state index in [2.05, 4.69) is 45.7 Å². The lowest BCUT2D eigenvalue weighted by molar-refractivity contribution is 0.545. The molecule has 4 heteroatoms. The van der Waals surface area contributed by atoms with Crippen LogP contribution in [0.5, 0.6) is 0 Å². The predicted molar refractivity (Wildman–Crippen MR) is 78.4 cm³/mol. The van der Waals surface area contributed by atoms with Crippen molar-refractivity contribution in [3.8, 4) is 0 Å². The number of hydrogen-bond donors (Lipinski definition) is 1. The fourth-order valence-corrected chi connectivity index (χ4v) is 3.16. The highest BCUT2D eigenvalue weighted by molar-refractivity contribution is 9.10. The smallest absolute Gasteiger partial charge is 0.124 e. The molecule has 1 N–H and O–H groups in total. The number of hydrogen-bond acceptors (Lipinski definition) is 2. The van der Waals surface area contributed by atoms with Crippen LogP contribution in [0, 0.1) is 5.82 Å². The van der Waals surface area contributed by atoms with Gasteiger partial charge in [-0.15, -0.1) is 11.3 Å². The zero-order chi connectivity index (χ0) is 13.0. The molecule has 0 aliphatic carbocycles. The summed E-state index contributed by atoms with van der Waals surface area (Å²) in [6.45, 7) is 2.83. The summed E-state index contributed by atoms with van der Waals surface area (Å²) < 4.78 is 14.0. The molecule has 0 saturated heterocycles. The van der Waals surface area contributed by atoms with Gasteiger partial charge in [0.1, 0.15) is 5.82 Å². The van der Waals surface area contributed by atoms with Gasteiger partial charge in [-0.3, -0.25) is 0 Å². The van der Waals surface area contributed by atoms with Gasteiger partial charge in [0, 0.05) is 21.9 Å². The van der Waals surface area contributed by atoms with Crippen molar-refractivity contribution >= 4 is 27.3 Å². The summed E-state index contributed by atoms with van der Waals surface area (Å²) in [5, 5.41) is 5.50. The number of halogens is 2. The van der Waals surface area contributed by atoms with E-state index < -0.39 is 0 Å². The minimum Gasteiger partial charge on any atom is -0.310 e. The third-order valence-corrected chi connectivity index (χ3v) is 4.02. The van der Waals surface area contributed by atoms with Crippen molar-refractivity contribution in [1.82, 2.24) is 5.32 Å². The third-order valence-electron chi connectivity index (χ3n) is 2.66. The van der Waals surface area contributed by atoms with Crippen molar-refractivity contribution in [2.45, 2.75) is 25.9 Å². The number of thiophene rings is 1. The molecule has 0 bridgehead atoms. The molecule has 2 rings (SSSR count). The highest BCUT2D eigenvalue weighted by Crippen LogP contribution is 2.15. The average molecular weight is 328 g/mol. The van der Waals surface area contributed by atoms with Crippen LogP contribution < -0.4 is 5.32 Å². The largest absolute Gasteiger partial charge is 0.310 e. The van der Waals surface area contributed by atoms with Gasteiger partial charge in [0.15, 0.2) is 0 Å². The Balaban J connectivity index is 1.87. The fourth-order valence-electron chi connectivity index (χ4n) is 1.81. The molecule has 0 radical (unpaired) electrons. The van der Waals surface area contributed by atoms with Gasteiger partial charge < -0.3 is 5.32 Å². The monoisotopic (exact) mass is 327 g/mol. The first-order chi connectivity index (χ1) is 8.63. The molecule has 0 aliphatic rings. The SMILES string of the molecule is CC(Cc1cccs1)NCc1cc(F)cc(Br)c1. The maximum atomic E-state index is 13.2. The molecule has 1 nitrogen and oxygen atoms in total. The minimum atomic E-state index is -0.202. The van der Waals surface area contributed by atoms with Gasteiger partial charge in [-0.05, 0) is 48.6 Å². The van der Waals surface area contributed by atoms with Crippen LogP contribution in [0.4, 0.5) is 4.39 Å². The maximum absolute atomic E-state index is 13.2. The Morgan fingerprint density at radius 2 is 2.22 bits per heavy atom. The first-order valence-electron chi connectivity index (χ1n) is 5.84. The second kappa shape index (κ2) is 6.45. The van der Waals surface area contributed by atoms with Crippen molar-refractivity contribution in [2.75, 3.05) is 0 Å². The molecular formula is C14H15BrFNS. The highest BCUT2D eigenvalue weighted by Gasteiger charge is 2.05. The molecule has 0 saturated carbocycles. The second-order valence-corrected chi connectivity index (χ2v) is 6.29. The van der Waals surface area contributed by atoms with Crippen LogP contribution in [0.25, 0.3) is 0 Å². The summed E-state index contributed by atoms with van der Waals surface area (Å²) in [6.07, 6.45) is 1.01. The molecule has 18 heavy (non-hydrogen) atoms. The van der Waals surface area contributed by atoms with E-state index in [0.717, 1.165) is 16.5 Å². The van der Waals surface area contributed by atoms with Gasteiger partial charge in [0.2, 0.25) is 0 Å². The van der Waals surface area contributed by atoms with E-state index in [1.165, 1.54) is 10.9 Å². The molecule has 0 amide bonds. The molecule has 1 atom stereocenters. The standard InChI is InChI=1S/C14H15BrFNS/c1-10(5-14-3-2-4-18-14)17-9-11-6-12(15)8-13(16)7-11/h2-4,6-8,10,17H,5,9H2,1H3. The van der Waals surface area contributed by atoms with Crippen LogP contribution in [0.15, 0.2) is 40.2 Å². The quantitative estimate of drug-likeness (QED) is 0.859. The molecule has 0 aliphatic heterocycles. The molecular weight excluding hydrogens is 313 g/mol. The predicted octanol–water partition coefficient (Wildman–Crippen LogP) is 4.37. The number of benzene rings is 1. The van der Waals surface area contributed by atoms with E-state index >= 15 is 0 Å². The summed E-state index contributed by atoms with van der Waals surface area (Å²) in [7, 11) is 0. The van der Waals surface area contributed by atoms with Crippen LogP contribution in [-0.4, -0.2) is 6.04 Å². The highest BCUT2D eigenvalue weighted by atomic mass is 79.9. The van der Waals surface area contributed by atoms with Crippen LogP contribution in [0.2, 0.25) is 0 Å². The number of rotatable bonds is 5. The van der Waals surface area contributed by atoms with Crippen molar-refractivity contribution < 1.29 is 4.39 Å². The average Bonchev–Trinajstić information content (AvgIpc) is 2.78. The van der Waals surface area contributed by atoms with E-state index in [0.29, 0.717) is 12.6 Å². The summed E-state index contributed by atoms with van der Waals surface area (Å²) in [4.78, 5) is 1.37. The molecule has 0 fully saturated rings. The lowest BCUT2D eigenvalue weighted by atomic mass is 10.1. The Labute approximate surface area is 119 Å². The van der Waals surface area contributed by atoms with Gasteiger partial charge in [0.25, 0.3) is 0 Å². The van der Waals surface area contributed by atoms with E-state index in [9.17, 15) is 4.39 Å². The fraction of sp³-hybridized carbons (Fsp3) is 0.286. The Kier molecular flexibility index (Phi) is 4.92. The molecule has 1 aromatic heterocycles. The van der Waals surface area contributed by atoms with Gasteiger partial charge in [-0.2, -0.15) is 0 Å². The normalized spacial score (nSPS) is 12.6. The summed E-state index contributed by atoms with van der Waals surface area (Å²) in [5.41, 5.74) is 0.958. The van der Waals surface area contributed by atoms with E-state index in [1.54, 1.807) is 17.4 Å². The maximum Gasteiger partial charge on any atom is 0.124 e. The van der Waals surface area contributed by atoms with E-state index in [-0.39, 0.29) is 5.82 Å². The van der Waals surface area contributed by atoms with Gasteiger partial charge >= 0.3 is 0 Å². The summed E-state index contributed by atoms with van der Waals surface area (Å²) in [6, 6.07) is 9.56. The van der Waals surface area contributed by atoms with Crippen molar-refractivity contribution in [1.29, 1.82) is 0 Å². The second-order valence-electron chi connectivity index (χ2n) is 4.34. The van der Waals surface area contributed by atoms with E-state index in [1.807, 2.05) is 6.07 Å². The van der Waals surface area contributed by atoms with Crippen LogP contribution in [-0.2, 0) is 13.0 Å².